The minimum absolute atomic E-state index is 0.283. The van der Waals surface area contributed by atoms with Gasteiger partial charge in [0.2, 0.25) is 5.89 Å². The fourth-order valence-electron chi connectivity index (χ4n) is 2.95. The van der Waals surface area contributed by atoms with Gasteiger partial charge in [0.05, 0.1) is 12.5 Å². The molecule has 1 fully saturated rings. The van der Waals surface area contributed by atoms with Gasteiger partial charge in [-0.3, -0.25) is 4.90 Å². The second-order valence-corrected chi connectivity index (χ2v) is 5.91. The van der Waals surface area contributed by atoms with E-state index in [1.807, 2.05) is 12.1 Å². The molecule has 1 unspecified atom stereocenters. The number of methoxy groups -OCH3 is 1. The summed E-state index contributed by atoms with van der Waals surface area (Å²) in [5, 5.41) is 4.04. The number of likely N-dealkylation sites (tertiary alicyclic amines) is 1. The lowest BCUT2D eigenvalue weighted by Gasteiger charge is -2.31. The summed E-state index contributed by atoms with van der Waals surface area (Å²) in [4.78, 5) is 11.0. The first-order valence-electron chi connectivity index (χ1n) is 7.99. The van der Waals surface area contributed by atoms with E-state index in [0.717, 1.165) is 49.8 Å². The van der Waals surface area contributed by atoms with Crippen LogP contribution in [0.15, 0.2) is 22.9 Å². The smallest absolute Gasteiger partial charge is 0.231 e. The Labute approximate surface area is 135 Å². The average molecular weight is 317 g/mol. The minimum Gasteiger partial charge on any atom is -0.384 e. The zero-order valence-electron chi connectivity index (χ0n) is 13.4. The number of anilines is 1. The Morgan fingerprint density at radius 3 is 3.22 bits per heavy atom. The van der Waals surface area contributed by atoms with Crippen LogP contribution in [-0.4, -0.2) is 46.8 Å². The summed E-state index contributed by atoms with van der Waals surface area (Å²) in [5.74, 6) is 2.34. The van der Waals surface area contributed by atoms with E-state index in [2.05, 4.69) is 20.0 Å². The summed E-state index contributed by atoms with van der Waals surface area (Å²) >= 11 is 0. The largest absolute Gasteiger partial charge is 0.384 e. The van der Waals surface area contributed by atoms with E-state index in [-0.39, 0.29) is 5.92 Å². The molecule has 3 heterocycles. The number of rotatable bonds is 6. The normalized spacial score (nSPS) is 19.1. The number of piperidine rings is 1. The Morgan fingerprint density at radius 2 is 2.39 bits per heavy atom. The number of hydrogen-bond donors (Lipinski definition) is 1. The predicted molar refractivity (Wildman–Crippen MR) is 85.8 cm³/mol. The monoisotopic (exact) mass is 317 g/mol. The van der Waals surface area contributed by atoms with Gasteiger partial charge in [0.15, 0.2) is 5.82 Å². The van der Waals surface area contributed by atoms with E-state index in [4.69, 9.17) is 15.0 Å². The van der Waals surface area contributed by atoms with Crippen molar-refractivity contribution in [3.05, 3.63) is 35.6 Å². The third-order valence-corrected chi connectivity index (χ3v) is 4.19. The molecule has 3 rings (SSSR count). The van der Waals surface area contributed by atoms with Crippen molar-refractivity contribution in [1.29, 1.82) is 0 Å². The number of nitrogens with zero attached hydrogens (tertiary/aromatic N) is 4. The van der Waals surface area contributed by atoms with Gasteiger partial charge < -0.3 is 15.0 Å². The SMILES string of the molecule is COCCc1noc(C2CCCN(Cc3cccnc3N)C2)n1. The Kier molecular flexibility index (Phi) is 5.19. The van der Waals surface area contributed by atoms with E-state index in [1.165, 1.54) is 0 Å². The molecule has 1 saturated heterocycles. The fourth-order valence-corrected chi connectivity index (χ4v) is 2.95. The molecule has 0 aromatic carbocycles. The Bertz CT molecular complexity index is 630. The molecule has 2 aromatic rings. The van der Waals surface area contributed by atoms with Crippen molar-refractivity contribution < 1.29 is 9.26 Å². The molecule has 0 bridgehead atoms. The Balaban J connectivity index is 1.62. The maximum atomic E-state index is 5.94. The molecule has 0 spiro atoms. The van der Waals surface area contributed by atoms with Crippen molar-refractivity contribution in [3.63, 3.8) is 0 Å². The van der Waals surface area contributed by atoms with Crippen LogP contribution in [0.4, 0.5) is 5.82 Å². The van der Waals surface area contributed by atoms with Gasteiger partial charge in [-0.25, -0.2) is 4.98 Å². The number of nitrogen functional groups attached to an aromatic ring is 1. The predicted octanol–water partition coefficient (Wildman–Crippen LogP) is 1.62. The van der Waals surface area contributed by atoms with Crippen LogP contribution in [0, 0.1) is 0 Å². The molecule has 124 valence electrons. The maximum Gasteiger partial charge on any atom is 0.231 e. The molecule has 0 radical (unpaired) electrons. The van der Waals surface area contributed by atoms with E-state index < -0.39 is 0 Å². The number of nitrogens with two attached hydrogens (primary N) is 1. The summed E-state index contributed by atoms with van der Waals surface area (Å²) in [6.07, 6.45) is 4.59. The average Bonchev–Trinajstić information content (AvgIpc) is 3.04. The first kappa shape index (κ1) is 15.9. The molecular weight excluding hydrogens is 294 g/mol. The molecule has 23 heavy (non-hydrogen) atoms. The number of hydrogen-bond acceptors (Lipinski definition) is 7. The quantitative estimate of drug-likeness (QED) is 0.865. The van der Waals surface area contributed by atoms with Crippen molar-refractivity contribution in [2.45, 2.75) is 31.7 Å². The number of ether oxygens (including phenoxy) is 1. The van der Waals surface area contributed by atoms with Crippen molar-refractivity contribution in [3.8, 4) is 0 Å². The molecular formula is C16H23N5O2. The molecule has 1 atom stereocenters. The van der Waals surface area contributed by atoms with Gasteiger partial charge in [-0.2, -0.15) is 4.98 Å². The Hall–Kier alpha value is -1.99. The molecule has 7 nitrogen and oxygen atoms in total. The molecule has 2 N–H and O–H groups in total. The van der Waals surface area contributed by atoms with E-state index in [0.29, 0.717) is 18.8 Å². The highest BCUT2D eigenvalue weighted by Gasteiger charge is 2.26. The minimum atomic E-state index is 0.283. The summed E-state index contributed by atoms with van der Waals surface area (Å²) in [6.45, 7) is 3.37. The first-order chi connectivity index (χ1) is 11.3. The Morgan fingerprint density at radius 1 is 1.48 bits per heavy atom. The first-order valence-corrected chi connectivity index (χ1v) is 7.99. The second-order valence-electron chi connectivity index (χ2n) is 5.91. The third-order valence-electron chi connectivity index (χ3n) is 4.19. The molecule has 7 heteroatoms. The lowest BCUT2D eigenvalue weighted by Crippen LogP contribution is -2.34. The number of pyridine rings is 1. The van der Waals surface area contributed by atoms with Crippen LogP contribution in [0.25, 0.3) is 0 Å². The fraction of sp³-hybridized carbons (Fsp3) is 0.562. The van der Waals surface area contributed by atoms with Gasteiger partial charge in [0.1, 0.15) is 5.82 Å². The topological polar surface area (TPSA) is 90.3 Å². The lowest BCUT2D eigenvalue weighted by atomic mass is 9.97. The van der Waals surface area contributed by atoms with Crippen LogP contribution in [0.2, 0.25) is 0 Å². The van der Waals surface area contributed by atoms with E-state index in [9.17, 15) is 0 Å². The van der Waals surface area contributed by atoms with Crippen molar-refractivity contribution in [2.24, 2.45) is 0 Å². The second kappa shape index (κ2) is 7.52. The van der Waals surface area contributed by atoms with Crippen LogP contribution in [0.3, 0.4) is 0 Å². The molecule has 1 aliphatic heterocycles. The number of aromatic nitrogens is 3. The summed E-state index contributed by atoms with van der Waals surface area (Å²) in [6, 6.07) is 3.95. The van der Waals surface area contributed by atoms with Crippen LogP contribution < -0.4 is 5.73 Å². The summed E-state index contributed by atoms with van der Waals surface area (Å²) in [5.41, 5.74) is 7.01. The highest BCUT2D eigenvalue weighted by molar-refractivity contribution is 5.38. The van der Waals surface area contributed by atoms with Crippen molar-refractivity contribution >= 4 is 5.82 Å². The van der Waals surface area contributed by atoms with E-state index >= 15 is 0 Å². The van der Waals surface area contributed by atoms with Crippen LogP contribution in [0.1, 0.15) is 36.0 Å². The van der Waals surface area contributed by atoms with E-state index in [1.54, 1.807) is 13.3 Å². The zero-order chi connectivity index (χ0) is 16.1. The van der Waals surface area contributed by atoms with Gasteiger partial charge in [0, 0.05) is 38.4 Å². The van der Waals surface area contributed by atoms with Crippen LogP contribution in [-0.2, 0) is 17.7 Å². The highest BCUT2D eigenvalue weighted by Crippen LogP contribution is 2.27. The highest BCUT2D eigenvalue weighted by atomic mass is 16.5. The van der Waals surface area contributed by atoms with Gasteiger partial charge in [0.25, 0.3) is 0 Å². The molecule has 2 aromatic heterocycles. The van der Waals surface area contributed by atoms with Gasteiger partial charge in [-0.1, -0.05) is 11.2 Å². The summed E-state index contributed by atoms with van der Waals surface area (Å²) < 4.78 is 10.5. The molecule has 1 aliphatic rings. The van der Waals surface area contributed by atoms with Crippen LogP contribution >= 0.6 is 0 Å². The molecule has 0 aliphatic carbocycles. The standard InChI is InChI=1S/C16H23N5O2/c1-22-9-6-14-19-16(23-20-14)13-5-3-8-21(11-13)10-12-4-2-7-18-15(12)17/h2,4,7,13H,3,5-6,8-11H2,1H3,(H2,17,18). The van der Waals surface area contributed by atoms with Gasteiger partial charge in [-0.15, -0.1) is 0 Å². The molecule has 0 saturated carbocycles. The lowest BCUT2D eigenvalue weighted by molar-refractivity contribution is 0.180. The van der Waals surface area contributed by atoms with Gasteiger partial charge >= 0.3 is 0 Å². The van der Waals surface area contributed by atoms with Crippen molar-refractivity contribution in [1.82, 2.24) is 20.0 Å². The third kappa shape index (κ3) is 4.05. The molecule has 0 amide bonds. The van der Waals surface area contributed by atoms with Crippen molar-refractivity contribution in [2.75, 3.05) is 32.5 Å². The van der Waals surface area contributed by atoms with Crippen LogP contribution in [0.5, 0.6) is 0 Å². The maximum absolute atomic E-state index is 5.94. The summed E-state index contributed by atoms with van der Waals surface area (Å²) in [7, 11) is 1.67. The zero-order valence-corrected chi connectivity index (χ0v) is 13.4. The van der Waals surface area contributed by atoms with Gasteiger partial charge in [-0.05, 0) is 25.5 Å².